The Morgan fingerprint density at radius 2 is 1.66 bits per heavy atom. The molecule has 1 saturated heterocycles. The summed E-state index contributed by atoms with van der Waals surface area (Å²) in [7, 11) is 0. The van der Waals surface area contributed by atoms with Crippen LogP contribution >= 0.6 is 0 Å². The number of aromatic hydroxyl groups is 2. The lowest BCUT2D eigenvalue weighted by Gasteiger charge is -2.31. The van der Waals surface area contributed by atoms with E-state index in [1.807, 2.05) is 18.2 Å². The van der Waals surface area contributed by atoms with Crippen molar-refractivity contribution in [3.05, 3.63) is 82.9 Å². The van der Waals surface area contributed by atoms with Gasteiger partial charge >= 0.3 is 0 Å². The first-order valence-electron chi connectivity index (χ1n) is 14.4. The van der Waals surface area contributed by atoms with Crippen LogP contribution in [0.3, 0.4) is 0 Å². The number of hydrogen-bond donors (Lipinski definition) is 2. The first kappa shape index (κ1) is 26.4. The van der Waals surface area contributed by atoms with Crippen LogP contribution in [-0.4, -0.2) is 47.9 Å². The highest BCUT2D eigenvalue weighted by Gasteiger charge is 2.24. The maximum absolute atomic E-state index is 10.4. The molecule has 1 aliphatic carbocycles. The number of fused-ring (bicyclic) bond motifs is 1. The van der Waals surface area contributed by atoms with Gasteiger partial charge in [0.25, 0.3) is 0 Å². The van der Waals surface area contributed by atoms with Gasteiger partial charge in [0, 0.05) is 31.4 Å². The predicted octanol–water partition coefficient (Wildman–Crippen LogP) is 6.65. The van der Waals surface area contributed by atoms with E-state index in [1.165, 1.54) is 54.6 Å². The number of anilines is 1. The molecule has 2 N–H and O–H groups in total. The van der Waals surface area contributed by atoms with E-state index in [1.54, 1.807) is 6.07 Å². The molecule has 3 aromatic rings. The van der Waals surface area contributed by atoms with Crippen molar-refractivity contribution >= 4 is 5.69 Å². The maximum atomic E-state index is 10.4. The van der Waals surface area contributed by atoms with Crippen molar-refractivity contribution in [2.45, 2.75) is 64.3 Å². The molecule has 5 nitrogen and oxygen atoms in total. The van der Waals surface area contributed by atoms with Crippen molar-refractivity contribution in [3.63, 3.8) is 0 Å². The SMILES string of the molecule is CCN(Cc1ccc(OCCCN2CCCCC2)cc1)c1cc(O)ccc1C1CCc2cc(O)ccc2C1. The average molecular weight is 515 g/mol. The summed E-state index contributed by atoms with van der Waals surface area (Å²) in [5.74, 6) is 1.97. The van der Waals surface area contributed by atoms with Crippen LogP contribution in [0.5, 0.6) is 17.2 Å². The third kappa shape index (κ3) is 6.63. The fraction of sp³-hybridized carbons (Fsp3) is 0.455. The van der Waals surface area contributed by atoms with Crippen LogP contribution in [0, 0.1) is 0 Å². The minimum absolute atomic E-state index is 0.302. The van der Waals surface area contributed by atoms with E-state index in [0.29, 0.717) is 17.4 Å². The Bertz CT molecular complexity index is 1190. The van der Waals surface area contributed by atoms with Gasteiger partial charge in [-0.05, 0) is 117 Å². The molecule has 0 bridgehead atoms. The van der Waals surface area contributed by atoms with Gasteiger partial charge in [-0.15, -0.1) is 0 Å². The lowest BCUT2D eigenvalue weighted by atomic mass is 9.79. The average Bonchev–Trinajstić information content (AvgIpc) is 2.95. The van der Waals surface area contributed by atoms with Crippen LogP contribution in [0.2, 0.25) is 0 Å². The van der Waals surface area contributed by atoms with Crippen LogP contribution in [0.25, 0.3) is 0 Å². The van der Waals surface area contributed by atoms with Crippen LogP contribution < -0.4 is 9.64 Å². The Balaban J connectivity index is 1.22. The molecule has 0 radical (unpaired) electrons. The number of phenols is 2. The summed E-state index contributed by atoms with van der Waals surface area (Å²) in [5, 5.41) is 20.2. The second-order valence-corrected chi connectivity index (χ2v) is 10.9. The highest BCUT2D eigenvalue weighted by atomic mass is 16.5. The topological polar surface area (TPSA) is 56.2 Å². The molecule has 202 valence electrons. The number of nitrogens with zero attached hydrogens (tertiary/aromatic N) is 2. The van der Waals surface area contributed by atoms with E-state index in [2.05, 4.69) is 53.1 Å². The Kier molecular flexibility index (Phi) is 8.75. The molecule has 38 heavy (non-hydrogen) atoms. The van der Waals surface area contributed by atoms with Crippen molar-refractivity contribution in [2.75, 3.05) is 37.7 Å². The third-order valence-electron chi connectivity index (χ3n) is 8.23. The third-order valence-corrected chi connectivity index (χ3v) is 8.23. The molecular weight excluding hydrogens is 472 g/mol. The first-order chi connectivity index (χ1) is 18.6. The molecule has 3 aromatic carbocycles. The Morgan fingerprint density at radius 1 is 0.895 bits per heavy atom. The maximum Gasteiger partial charge on any atom is 0.119 e. The van der Waals surface area contributed by atoms with Crippen molar-refractivity contribution in [3.8, 4) is 17.2 Å². The summed E-state index contributed by atoms with van der Waals surface area (Å²) in [6.45, 7) is 8.16. The Labute approximate surface area is 227 Å². The van der Waals surface area contributed by atoms with Crippen LogP contribution in [-0.2, 0) is 19.4 Å². The molecule has 1 fully saturated rings. The number of piperidine rings is 1. The lowest BCUT2D eigenvalue weighted by Crippen LogP contribution is -2.31. The van der Waals surface area contributed by atoms with Crippen molar-refractivity contribution in [2.24, 2.45) is 0 Å². The molecule has 1 heterocycles. The number of likely N-dealkylation sites (tertiary alicyclic amines) is 1. The summed E-state index contributed by atoms with van der Waals surface area (Å²) in [5.41, 5.74) is 6.19. The molecule has 0 aromatic heterocycles. The number of rotatable bonds is 10. The van der Waals surface area contributed by atoms with E-state index in [9.17, 15) is 10.2 Å². The highest BCUT2D eigenvalue weighted by Crippen LogP contribution is 2.40. The fourth-order valence-electron chi connectivity index (χ4n) is 6.10. The van der Waals surface area contributed by atoms with Gasteiger partial charge in [-0.3, -0.25) is 0 Å². The summed E-state index contributed by atoms with van der Waals surface area (Å²) in [6.07, 6.45) is 8.06. The Hall–Kier alpha value is -3.18. The van der Waals surface area contributed by atoms with Gasteiger partial charge in [-0.1, -0.05) is 30.7 Å². The zero-order valence-corrected chi connectivity index (χ0v) is 22.7. The molecule has 1 aliphatic heterocycles. The van der Waals surface area contributed by atoms with Gasteiger partial charge in [0.05, 0.1) is 6.61 Å². The molecular formula is C33H42N2O3. The lowest BCUT2D eigenvalue weighted by molar-refractivity contribution is 0.205. The van der Waals surface area contributed by atoms with Gasteiger partial charge in [0.1, 0.15) is 17.2 Å². The second-order valence-electron chi connectivity index (χ2n) is 10.9. The van der Waals surface area contributed by atoms with Crippen LogP contribution in [0.15, 0.2) is 60.7 Å². The van der Waals surface area contributed by atoms with E-state index in [4.69, 9.17) is 4.74 Å². The van der Waals surface area contributed by atoms with Gasteiger partial charge < -0.3 is 24.7 Å². The largest absolute Gasteiger partial charge is 0.508 e. The summed E-state index contributed by atoms with van der Waals surface area (Å²) < 4.78 is 6.03. The number of benzene rings is 3. The molecule has 1 atom stereocenters. The zero-order valence-electron chi connectivity index (χ0n) is 22.7. The van der Waals surface area contributed by atoms with Crippen molar-refractivity contribution in [1.82, 2.24) is 4.90 Å². The van der Waals surface area contributed by atoms with Crippen LogP contribution in [0.4, 0.5) is 5.69 Å². The second kappa shape index (κ2) is 12.6. The number of hydrogen-bond acceptors (Lipinski definition) is 5. The monoisotopic (exact) mass is 514 g/mol. The van der Waals surface area contributed by atoms with E-state index >= 15 is 0 Å². The van der Waals surface area contributed by atoms with E-state index in [-0.39, 0.29) is 0 Å². The van der Waals surface area contributed by atoms with Gasteiger partial charge in [-0.2, -0.15) is 0 Å². The minimum atomic E-state index is 0.302. The summed E-state index contributed by atoms with van der Waals surface area (Å²) >= 11 is 0. The van der Waals surface area contributed by atoms with E-state index in [0.717, 1.165) is 63.4 Å². The van der Waals surface area contributed by atoms with E-state index < -0.39 is 0 Å². The molecule has 2 aliphatic rings. The number of ether oxygens (including phenoxy) is 1. The predicted molar refractivity (Wildman–Crippen MR) is 155 cm³/mol. The molecule has 5 heteroatoms. The zero-order chi connectivity index (χ0) is 26.3. The number of aryl methyl sites for hydroxylation is 1. The highest BCUT2D eigenvalue weighted by molar-refractivity contribution is 5.59. The summed E-state index contributed by atoms with van der Waals surface area (Å²) in [6, 6.07) is 20.1. The van der Waals surface area contributed by atoms with Gasteiger partial charge in [0.15, 0.2) is 0 Å². The molecule has 0 saturated carbocycles. The van der Waals surface area contributed by atoms with Gasteiger partial charge in [0.2, 0.25) is 0 Å². The fourth-order valence-corrected chi connectivity index (χ4v) is 6.10. The molecule has 0 amide bonds. The quantitative estimate of drug-likeness (QED) is 0.297. The normalized spacial score (nSPS) is 17.7. The molecule has 0 spiro atoms. The standard InChI is InChI=1S/C33H42N2O3/c1-2-35(24-25-7-14-31(15-8-25)38-20-6-19-34-17-4-3-5-18-34)33-23-30(37)13-16-32(33)28-10-9-27-22-29(36)12-11-26(27)21-28/h7-8,11-16,22-23,28,36-37H,2-6,9-10,17-21,24H2,1H3. The molecule has 1 unspecified atom stereocenters. The minimum Gasteiger partial charge on any atom is -0.508 e. The summed E-state index contributed by atoms with van der Waals surface area (Å²) in [4.78, 5) is 4.91. The van der Waals surface area contributed by atoms with Crippen molar-refractivity contribution in [1.29, 1.82) is 0 Å². The Morgan fingerprint density at radius 3 is 2.45 bits per heavy atom. The first-order valence-corrected chi connectivity index (χ1v) is 14.4. The number of phenolic OH excluding ortho intramolecular Hbond substituents is 2. The van der Waals surface area contributed by atoms with Crippen LogP contribution in [0.1, 0.15) is 67.2 Å². The molecule has 5 rings (SSSR count). The van der Waals surface area contributed by atoms with Gasteiger partial charge in [-0.25, -0.2) is 0 Å². The van der Waals surface area contributed by atoms with Crippen molar-refractivity contribution < 1.29 is 14.9 Å². The smallest absolute Gasteiger partial charge is 0.119 e.